The number of ether oxygens (including phenoxy) is 2. The van der Waals surface area contributed by atoms with E-state index in [4.69, 9.17) is 9.47 Å². The van der Waals surface area contributed by atoms with Gasteiger partial charge in [-0.3, -0.25) is 4.79 Å². The highest BCUT2D eigenvalue weighted by Crippen LogP contribution is 2.30. The van der Waals surface area contributed by atoms with Crippen LogP contribution in [0.4, 0.5) is 0 Å². The molecule has 0 aromatic heterocycles. The summed E-state index contributed by atoms with van der Waals surface area (Å²) in [4.78, 5) is 11.4. The third-order valence-electron chi connectivity index (χ3n) is 4.39. The average molecular weight is 271 g/mol. The Balaban J connectivity index is 1.81. The molecule has 1 heterocycles. The van der Waals surface area contributed by atoms with Gasteiger partial charge in [0.05, 0.1) is 18.8 Å². The van der Waals surface area contributed by atoms with Gasteiger partial charge in [-0.05, 0) is 45.6 Å². The van der Waals surface area contributed by atoms with Gasteiger partial charge in [-0.15, -0.1) is 0 Å². The fraction of sp³-hybridized carbons (Fsp3) is 0.929. The first-order valence-corrected chi connectivity index (χ1v) is 7.32. The molecular formula is C14H25NO4. The van der Waals surface area contributed by atoms with Crippen LogP contribution in [0.1, 0.15) is 44.9 Å². The number of hydrogen-bond acceptors (Lipinski definition) is 4. The van der Waals surface area contributed by atoms with Gasteiger partial charge in [-0.25, -0.2) is 0 Å². The van der Waals surface area contributed by atoms with E-state index in [0.29, 0.717) is 19.4 Å². The fourth-order valence-electron chi connectivity index (χ4n) is 3.08. The van der Waals surface area contributed by atoms with Crippen molar-refractivity contribution < 1.29 is 19.4 Å². The van der Waals surface area contributed by atoms with Crippen LogP contribution >= 0.6 is 0 Å². The number of nitrogens with one attached hydrogen (secondary N) is 1. The molecule has 1 aliphatic heterocycles. The molecule has 0 aromatic carbocycles. The molecule has 0 radical (unpaired) electrons. The average Bonchev–Trinajstić information content (AvgIpc) is 2.46. The van der Waals surface area contributed by atoms with Crippen LogP contribution < -0.4 is 5.32 Å². The monoisotopic (exact) mass is 271 g/mol. The van der Waals surface area contributed by atoms with Crippen molar-refractivity contribution in [2.45, 2.75) is 62.7 Å². The van der Waals surface area contributed by atoms with Gasteiger partial charge >= 0.3 is 5.97 Å². The van der Waals surface area contributed by atoms with Crippen molar-refractivity contribution in [3.63, 3.8) is 0 Å². The van der Waals surface area contributed by atoms with Crippen molar-refractivity contribution in [2.75, 3.05) is 20.3 Å². The van der Waals surface area contributed by atoms with Crippen molar-refractivity contribution in [1.82, 2.24) is 5.32 Å². The van der Waals surface area contributed by atoms with Gasteiger partial charge in [0.15, 0.2) is 0 Å². The second-order valence-electron chi connectivity index (χ2n) is 5.68. The highest BCUT2D eigenvalue weighted by atomic mass is 16.5. The van der Waals surface area contributed by atoms with E-state index in [-0.39, 0.29) is 12.2 Å². The van der Waals surface area contributed by atoms with Gasteiger partial charge in [-0.2, -0.15) is 0 Å². The summed E-state index contributed by atoms with van der Waals surface area (Å²) in [5.41, 5.74) is -0.809. The lowest BCUT2D eigenvalue weighted by molar-refractivity contribution is -0.149. The third kappa shape index (κ3) is 3.68. The molecule has 5 nitrogen and oxygen atoms in total. The number of likely N-dealkylation sites (N-methyl/N-ethyl adjacent to an activating group) is 1. The van der Waals surface area contributed by atoms with Crippen molar-refractivity contribution in [2.24, 2.45) is 0 Å². The summed E-state index contributed by atoms with van der Waals surface area (Å²) >= 11 is 0. The summed E-state index contributed by atoms with van der Waals surface area (Å²) < 4.78 is 11.5. The predicted octanol–water partition coefficient (Wildman–Crippen LogP) is 1.56. The number of carbonyl (C=O) groups is 1. The Labute approximate surface area is 114 Å². The molecule has 0 aromatic rings. The Bertz CT molecular complexity index is 304. The Morgan fingerprint density at radius 2 is 2.26 bits per heavy atom. The highest BCUT2D eigenvalue weighted by molar-refractivity contribution is 5.79. The molecule has 2 fully saturated rings. The van der Waals surface area contributed by atoms with E-state index in [1.165, 1.54) is 6.42 Å². The second kappa shape index (κ2) is 6.68. The first-order valence-electron chi connectivity index (χ1n) is 7.32. The van der Waals surface area contributed by atoms with Crippen LogP contribution in [0.2, 0.25) is 0 Å². The minimum atomic E-state index is -0.809. The van der Waals surface area contributed by atoms with Crippen LogP contribution in [0, 0.1) is 0 Å². The first-order chi connectivity index (χ1) is 9.16. The zero-order valence-electron chi connectivity index (χ0n) is 11.7. The molecule has 5 heteroatoms. The van der Waals surface area contributed by atoms with Gasteiger partial charge in [0.25, 0.3) is 0 Å². The molecule has 0 spiro atoms. The molecular weight excluding hydrogens is 246 g/mol. The Morgan fingerprint density at radius 3 is 2.89 bits per heavy atom. The lowest BCUT2D eigenvalue weighted by Crippen LogP contribution is -2.54. The third-order valence-corrected chi connectivity index (χ3v) is 4.39. The number of hydrogen-bond donors (Lipinski definition) is 2. The quantitative estimate of drug-likeness (QED) is 0.794. The topological polar surface area (TPSA) is 67.8 Å². The minimum Gasteiger partial charge on any atom is -0.480 e. The molecule has 3 atom stereocenters. The maximum atomic E-state index is 11.4. The molecule has 0 amide bonds. The number of rotatable bonds is 5. The van der Waals surface area contributed by atoms with E-state index in [0.717, 1.165) is 32.3 Å². The Hall–Kier alpha value is -0.650. The Kier molecular flexibility index (Phi) is 5.19. The molecule has 2 rings (SSSR count). The van der Waals surface area contributed by atoms with E-state index in [1.54, 1.807) is 7.05 Å². The summed E-state index contributed by atoms with van der Waals surface area (Å²) in [5, 5.41) is 12.4. The maximum absolute atomic E-state index is 11.4. The van der Waals surface area contributed by atoms with E-state index in [9.17, 15) is 9.90 Å². The summed E-state index contributed by atoms with van der Waals surface area (Å²) in [6, 6.07) is 0. The zero-order chi connectivity index (χ0) is 13.7. The standard InChI is InChI=1S/C14H25NO4/c1-15-14(13(16)17)7-4-6-11(9-14)19-10-12-5-2-3-8-18-12/h11-12,15H,2-10H2,1H3,(H,16,17). The van der Waals surface area contributed by atoms with Crippen LogP contribution in [0.5, 0.6) is 0 Å². The summed E-state index contributed by atoms with van der Waals surface area (Å²) in [7, 11) is 1.72. The number of carboxylic acids is 1. The van der Waals surface area contributed by atoms with Crippen LogP contribution in [0.15, 0.2) is 0 Å². The van der Waals surface area contributed by atoms with Crippen LogP contribution in [0.25, 0.3) is 0 Å². The van der Waals surface area contributed by atoms with Crippen molar-refractivity contribution in [1.29, 1.82) is 0 Å². The molecule has 0 bridgehead atoms. The summed E-state index contributed by atoms with van der Waals surface area (Å²) in [5.74, 6) is -0.766. The first kappa shape index (κ1) is 14.8. The van der Waals surface area contributed by atoms with Gasteiger partial charge < -0.3 is 19.9 Å². The van der Waals surface area contributed by atoms with E-state index in [2.05, 4.69) is 5.32 Å². The van der Waals surface area contributed by atoms with Crippen molar-refractivity contribution >= 4 is 5.97 Å². The van der Waals surface area contributed by atoms with Gasteiger partial charge in [0.1, 0.15) is 5.54 Å². The predicted molar refractivity (Wildman–Crippen MR) is 71.2 cm³/mol. The number of carboxylic acid groups (broad SMARTS) is 1. The van der Waals surface area contributed by atoms with E-state index >= 15 is 0 Å². The largest absolute Gasteiger partial charge is 0.480 e. The van der Waals surface area contributed by atoms with Crippen LogP contribution in [-0.4, -0.2) is 49.1 Å². The van der Waals surface area contributed by atoms with Gasteiger partial charge in [0, 0.05) is 13.0 Å². The van der Waals surface area contributed by atoms with Crippen molar-refractivity contribution in [3.8, 4) is 0 Å². The molecule has 110 valence electrons. The molecule has 1 saturated carbocycles. The lowest BCUT2D eigenvalue weighted by atomic mass is 9.80. The smallest absolute Gasteiger partial charge is 0.323 e. The van der Waals surface area contributed by atoms with E-state index < -0.39 is 11.5 Å². The van der Waals surface area contributed by atoms with Gasteiger partial charge in [-0.1, -0.05) is 0 Å². The maximum Gasteiger partial charge on any atom is 0.323 e. The van der Waals surface area contributed by atoms with E-state index in [1.807, 2.05) is 0 Å². The summed E-state index contributed by atoms with van der Waals surface area (Å²) in [6.45, 7) is 1.43. The van der Waals surface area contributed by atoms with Gasteiger partial charge in [0.2, 0.25) is 0 Å². The molecule has 2 N–H and O–H groups in total. The van der Waals surface area contributed by atoms with Crippen molar-refractivity contribution in [3.05, 3.63) is 0 Å². The summed E-state index contributed by atoms with van der Waals surface area (Å²) in [6.07, 6.45) is 6.70. The molecule has 1 aliphatic carbocycles. The lowest BCUT2D eigenvalue weighted by Gasteiger charge is -2.37. The normalized spacial score (nSPS) is 36.1. The molecule has 19 heavy (non-hydrogen) atoms. The number of aliphatic carboxylic acids is 1. The molecule has 1 saturated heterocycles. The van der Waals surface area contributed by atoms with Crippen LogP contribution in [0.3, 0.4) is 0 Å². The molecule has 2 aliphatic rings. The molecule has 3 unspecified atom stereocenters. The SMILES string of the molecule is CNC1(C(=O)O)CCCC(OCC2CCCCO2)C1. The van der Waals surface area contributed by atoms with Crippen LogP contribution in [-0.2, 0) is 14.3 Å². The Morgan fingerprint density at radius 1 is 1.42 bits per heavy atom. The highest BCUT2D eigenvalue weighted by Gasteiger charge is 2.42. The fourth-order valence-corrected chi connectivity index (χ4v) is 3.08. The minimum absolute atomic E-state index is 0.0304. The zero-order valence-corrected chi connectivity index (χ0v) is 11.7. The second-order valence-corrected chi connectivity index (χ2v) is 5.68.